The molecule has 1 heterocycles. The van der Waals surface area contributed by atoms with Gasteiger partial charge < -0.3 is 15.1 Å². The average molecular weight is 300 g/mol. The molecule has 5 nitrogen and oxygen atoms in total. The molecule has 1 aromatic rings. The van der Waals surface area contributed by atoms with Gasteiger partial charge in [-0.15, -0.1) is 0 Å². The van der Waals surface area contributed by atoms with E-state index in [9.17, 15) is 14.7 Å². The third-order valence-electron chi connectivity index (χ3n) is 2.83. The number of aliphatic hydroxyl groups is 1. The second-order valence-electron chi connectivity index (χ2n) is 3.96. The second kappa shape index (κ2) is 3.82. The molecule has 1 aromatic carbocycles. The summed E-state index contributed by atoms with van der Waals surface area (Å²) in [6, 6.07) is 4.90. The number of anilines is 1. The van der Waals surface area contributed by atoms with Crippen molar-refractivity contribution < 1.29 is 19.8 Å². The summed E-state index contributed by atoms with van der Waals surface area (Å²) in [6.45, 7) is 0. The molecule has 0 aromatic heterocycles. The number of rotatable bonds is 2. The van der Waals surface area contributed by atoms with Gasteiger partial charge in [0.15, 0.2) is 5.60 Å². The average Bonchev–Trinajstić information content (AvgIpc) is 2.40. The van der Waals surface area contributed by atoms with Crippen LogP contribution in [0.25, 0.3) is 0 Å². The van der Waals surface area contributed by atoms with Crippen LogP contribution >= 0.6 is 15.9 Å². The number of hydrogen-bond donors (Lipinski definition) is 2. The summed E-state index contributed by atoms with van der Waals surface area (Å²) >= 11 is 3.26. The van der Waals surface area contributed by atoms with E-state index >= 15 is 0 Å². The summed E-state index contributed by atoms with van der Waals surface area (Å²) in [5.41, 5.74) is -1.11. The zero-order valence-corrected chi connectivity index (χ0v) is 10.6. The van der Waals surface area contributed by atoms with E-state index in [-0.39, 0.29) is 0 Å². The summed E-state index contributed by atoms with van der Waals surface area (Å²) in [4.78, 5) is 23.9. The predicted molar refractivity (Wildman–Crippen MR) is 63.7 cm³/mol. The molecule has 0 aliphatic carbocycles. The highest BCUT2D eigenvalue weighted by atomic mass is 79.9. The van der Waals surface area contributed by atoms with Gasteiger partial charge >= 0.3 is 5.97 Å². The number of likely N-dealkylation sites (N-methyl/N-ethyl adjacent to an activating group) is 1. The Labute approximate surface area is 106 Å². The molecule has 2 rings (SSSR count). The summed E-state index contributed by atoms with van der Waals surface area (Å²) in [5.74, 6) is -1.84. The number of carbonyl (C=O) groups excluding carboxylic acids is 1. The highest BCUT2D eigenvalue weighted by Gasteiger charge is 2.49. The standard InChI is InChI=1S/C11H10BrNO4/c1-13-8-4-6(12)2-3-7(8)11(17,10(13)16)5-9(14)15/h2-4,17H,5H2,1H3,(H,14,15). The van der Waals surface area contributed by atoms with Crippen LogP contribution in [0.4, 0.5) is 5.69 Å². The van der Waals surface area contributed by atoms with Crippen LogP contribution < -0.4 is 4.90 Å². The summed E-state index contributed by atoms with van der Waals surface area (Å²) in [6.07, 6.45) is -0.634. The first kappa shape index (κ1) is 12.1. The van der Waals surface area contributed by atoms with Crippen molar-refractivity contribution in [3.8, 4) is 0 Å². The zero-order valence-electron chi connectivity index (χ0n) is 8.98. The number of benzene rings is 1. The molecule has 1 aliphatic rings. The lowest BCUT2D eigenvalue weighted by molar-refractivity contribution is -0.150. The Balaban J connectivity index is 2.58. The van der Waals surface area contributed by atoms with Crippen molar-refractivity contribution in [2.45, 2.75) is 12.0 Å². The number of carbonyl (C=O) groups is 2. The molecular formula is C11H10BrNO4. The Kier molecular flexibility index (Phi) is 2.71. The van der Waals surface area contributed by atoms with E-state index in [2.05, 4.69) is 15.9 Å². The third-order valence-corrected chi connectivity index (χ3v) is 3.33. The van der Waals surface area contributed by atoms with Crippen molar-refractivity contribution in [2.75, 3.05) is 11.9 Å². The van der Waals surface area contributed by atoms with Crippen molar-refractivity contribution in [3.05, 3.63) is 28.2 Å². The number of nitrogens with zero attached hydrogens (tertiary/aromatic N) is 1. The van der Waals surface area contributed by atoms with E-state index in [4.69, 9.17) is 5.11 Å². The number of hydrogen-bond acceptors (Lipinski definition) is 3. The number of aliphatic carboxylic acids is 1. The van der Waals surface area contributed by atoms with Crippen LogP contribution in [-0.4, -0.2) is 29.1 Å². The van der Waals surface area contributed by atoms with Gasteiger partial charge in [-0.05, 0) is 12.1 Å². The van der Waals surface area contributed by atoms with Gasteiger partial charge in [0.25, 0.3) is 5.91 Å². The summed E-state index contributed by atoms with van der Waals surface area (Å²) in [7, 11) is 1.51. The number of carboxylic acid groups (broad SMARTS) is 1. The van der Waals surface area contributed by atoms with Gasteiger partial charge in [0.2, 0.25) is 0 Å². The molecule has 90 valence electrons. The predicted octanol–water partition coefficient (Wildman–Crippen LogP) is 1.09. The SMILES string of the molecule is CN1C(=O)C(O)(CC(=O)O)c2ccc(Br)cc21. The van der Waals surface area contributed by atoms with Crippen LogP contribution in [0, 0.1) is 0 Å². The molecule has 1 aliphatic heterocycles. The lowest BCUT2D eigenvalue weighted by Crippen LogP contribution is -2.40. The minimum Gasteiger partial charge on any atom is -0.481 e. The van der Waals surface area contributed by atoms with E-state index in [0.717, 1.165) is 4.47 Å². The second-order valence-corrected chi connectivity index (χ2v) is 4.87. The number of halogens is 1. The van der Waals surface area contributed by atoms with E-state index < -0.39 is 23.9 Å². The molecule has 0 saturated heterocycles. The van der Waals surface area contributed by atoms with Crippen LogP contribution in [0.2, 0.25) is 0 Å². The maximum Gasteiger partial charge on any atom is 0.307 e. The van der Waals surface area contributed by atoms with Crippen LogP contribution in [0.3, 0.4) is 0 Å². The Morgan fingerprint density at radius 1 is 1.53 bits per heavy atom. The molecule has 1 amide bonds. The lowest BCUT2D eigenvalue weighted by atomic mass is 9.92. The molecule has 1 unspecified atom stereocenters. The zero-order chi connectivity index (χ0) is 12.8. The fraction of sp³-hybridized carbons (Fsp3) is 0.273. The van der Waals surface area contributed by atoms with Crippen molar-refractivity contribution >= 4 is 33.5 Å². The van der Waals surface area contributed by atoms with Crippen LogP contribution in [0.5, 0.6) is 0 Å². The summed E-state index contributed by atoms with van der Waals surface area (Å²) in [5, 5.41) is 19.0. The van der Waals surface area contributed by atoms with Crippen molar-refractivity contribution in [2.24, 2.45) is 0 Å². The van der Waals surface area contributed by atoms with E-state index in [1.54, 1.807) is 18.2 Å². The van der Waals surface area contributed by atoms with Crippen molar-refractivity contribution in [1.29, 1.82) is 0 Å². The van der Waals surface area contributed by atoms with Crippen LogP contribution in [0.1, 0.15) is 12.0 Å². The van der Waals surface area contributed by atoms with E-state index in [1.165, 1.54) is 11.9 Å². The first-order chi connectivity index (χ1) is 7.86. The Morgan fingerprint density at radius 3 is 2.76 bits per heavy atom. The molecular weight excluding hydrogens is 290 g/mol. The Bertz CT molecular complexity index is 516. The molecule has 0 fully saturated rings. The third kappa shape index (κ3) is 1.73. The molecule has 0 bridgehead atoms. The minimum atomic E-state index is -1.96. The van der Waals surface area contributed by atoms with Crippen molar-refractivity contribution in [1.82, 2.24) is 0 Å². The maximum atomic E-state index is 11.9. The fourth-order valence-electron chi connectivity index (χ4n) is 2.02. The molecule has 0 radical (unpaired) electrons. The first-order valence-corrected chi connectivity index (χ1v) is 5.68. The molecule has 0 spiro atoms. The highest BCUT2D eigenvalue weighted by Crippen LogP contribution is 2.42. The van der Waals surface area contributed by atoms with Gasteiger partial charge in [-0.1, -0.05) is 22.0 Å². The first-order valence-electron chi connectivity index (χ1n) is 4.88. The topological polar surface area (TPSA) is 77.8 Å². The van der Waals surface area contributed by atoms with Gasteiger partial charge in [0.05, 0.1) is 12.1 Å². The molecule has 17 heavy (non-hydrogen) atoms. The van der Waals surface area contributed by atoms with Gasteiger partial charge in [0.1, 0.15) is 0 Å². The number of fused-ring (bicyclic) bond motifs is 1. The smallest absolute Gasteiger partial charge is 0.307 e. The van der Waals surface area contributed by atoms with Gasteiger partial charge in [0, 0.05) is 17.1 Å². The van der Waals surface area contributed by atoms with Gasteiger partial charge in [-0.25, -0.2) is 0 Å². The van der Waals surface area contributed by atoms with Crippen molar-refractivity contribution in [3.63, 3.8) is 0 Å². The minimum absolute atomic E-state index is 0.329. The maximum absolute atomic E-state index is 11.9. The van der Waals surface area contributed by atoms with E-state index in [1.807, 2.05) is 0 Å². The van der Waals surface area contributed by atoms with Gasteiger partial charge in [-0.2, -0.15) is 0 Å². The monoisotopic (exact) mass is 299 g/mol. The van der Waals surface area contributed by atoms with Crippen LogP contribution in [-0.2, 0) is 15.2 Å². The lowest BCUT2D eigenvalue weighted by Gasteiger charge is -2.19. The molecule has 1 atom stereocenters. The quantitative estimate of drug-likeness (QED) is 0.857. The number of carboxylic acids is 1. The van der Waals surface area contributed by atoms with E-state index in [0.29, 0.717) is 11.3 Å². The summed E-state index contributed by atoms with van der Waals surface area (Å²) < 4.78 is 0.760. The molecule has 0 saturated carbocycles. The Morgan fingerprint density at radius 2 is 2.18 bits per heavy atom. The van der Waals surface area contributed by atoms with Gasteiger partial charge in [-0.3, -0.25) is 9.59 Å². The van der Waals surface area contributed by atoms with Crippen LogP contribution in [0.15, 0.2) is 22.7 Å². The fourth-order valence-corrected chi connectivity index (χ4v) is 2.37. The Hall–Kier alpha value is -1.40. The normalized spacial score (nSPS) is 22.8. The number of amides is 1. The largest absolute Gasteiger partial charge is 0.481 e. The highest BCUT2D eigenvalue weighted by molar-refractivity contribution is 9.10. The molecule has 6 heteroatoms. The molecule has 2 N–H and O–H groups in total.